The van der Waals surface area contributed by atoms with Crippen LogP contribution in [0.2, 0.25) is 0 Å². The average Bonchev–Trinajstić information content (AvgIpc) is 3.06. The Labute approximate surface area is 259 Å². The van der Waals surface area contributed by atoms with Crippen molar-refractivity contribution in [2.45, 2.75) is 26.2 Å². The standard InChI is InChI=1S/C44H34/c1-44(2,3)39-26-37(25-38(27-39)43-28-36-12-6-7-13-40(36)41-14-8-9-15-42(41)43)35-21-20-33-23-32(18-19-34(33)24-35)31-17-16-29-10-4-5-11-30(29)22-31/h4-28H,1-3H3. The van der Waals surface area contributed by atoms with E-state index in [9.17, 15) is 0 Å². The summed E-state index contributed by atoms with van der Waals surface area (Å²) in [6.45, 7) is 6.93. The smallest absolute Gasteiger partial charge is 0.00987 e. The van der Waals surface area contributed by atoms with Crippen LogP contribution in [0.4, 0.5) is 0 Å². The van der Waals surface area contributed by atoms with E-state index in [0.29, 0.717) is 0 Å². The Morgan fingerprint density at radius 1 is 0.318 bits per heavy atom. The van der Waals surface area contributed by atoms with Crippen molar-refractivity contribution in [1.82, 2.24) is 0 Å². The molecular formula is C44H34. The Hall–Kier alpha value is -5.20. The van der Waals surface area contributed by atoms with Gasteiger partial charge in [0, 0.05) is 0 Å². The van der Waals surface area contributed by atoms with Gasteiger partial charge in [-0.3, -0.25) is 0 Å². The van der Waals surface area contributed by atoms with Gasteiger partial charge >= 0.3 is 0 Å². The highest BCUT2D eigenvalue weighted by Crippen LogP contribution is 2.39. The monoisotopic (exact) mass is 562 g/mol. The van der Waals surface area contributed by atoms with Crippen molar-refractivity contribution in [3.05, 3.63) is 157 Å². The molecule has 8 aromatic rings. The molecule has 0 heterocycles. The lowest BCUT2D eigenvalue weighted by Crippen LogP contribution is -2.11. The van der Waals surface area contributed by atoms with Crippen LogP contribution in [0.5, 0.6) is 0 Å². The number of hydrogen-bond donors (Lipinski definition) is 0. The Kier molecular flexibility index (Phi) is 6.13. The number of hydrogen-bond acceptors (Lipinski definition) is 0. The van der Waals surface area contributed by atoms with Crippen LogP contribution in [0.15, 0.2) is 152 Å². The second kappa shape index (κ2) is 10.2. The fourth-order valence-corrected chi connectivity index (χ4v) is 6.65. The van der Waals surface area contributed by atoms with Gasteiger partial charge in [-0.05, 0) is 118 Å². The molecule has 0 aromatic heterocycles. The second-order valence-corrected chi connectivity index (χ2v) is 13.1. The van der Waals surface area contributed by atoms with Crippen LogP contribution in [0.1, 0.15) is 26.3 Å². The first kappa shape index (κ1) is 26.4. The molecule has 0 atom stereocenters. The summed E-state index contributed by atoms with van der Waals surface area (Å²) in [4.78, 5) is 0. The molecule has 0 aliphatic carbocycles. The van der Waals surface area contributed by atoms with Gasteiger partial charge < -0.3 is 0 Å². The van der Waals surface area contributed by atoms with Gasteiger partial charge in [0.25, 0.3) is 0 Å². The molecule has 0 amide bonds. The highest BCUT2D eigenvalue weighted by molar-refractivity contribution is 6.14. The van der Waals surface area contributed by atoms with Crippen LogP contribution in [0.25, 0.3) is 76.5 Å². The number of benzene rings is 8. The SMILES string of the molecule is CC(C)(C)c1cc(-c2ccc3cc(-c4ccc5ccccc5c4)ccc3c2)cc(-c2cc3ccccc3c3ccccc23)c1. The normalized spacial score (nSPS) is 12.0. The van der Waals surface area contributed by atoms with Crippen molar-refractivity contribution in [2.75, 3.05) is 0 Å². The fraction of sp³-hybridized carbons (Fsp3) is 0.0909. The summed E-state index contributed by atoms with van der Waals surface area (Å²) in [6.07, 6.45) is 0. The quantitative estimate of drug-likeness (QED) is 0.188. The molecule has 0 unspecified atom stereocenters. The van der Waals surface area contributed by atoms with Gasteiger partial charge in [-0.1, -0.05) is 142 Å². The van der Waals surface area contributed by atoms with E-state index in [1.807, 2.05) is 0 Å². The van der Waals surface area contributed by atoms with Crippen LogP contribution < -0.4 is 0 Å². The van der Waals surface area contributed by atoms with Gasteiger partial charge in [0.2, 0.25) is 0 Å². The van der Waals surface area contributed by atoms with Crippen LogP contribution in [0.3, 0.4) is 0 Å². The van der Waals surface area contributed by atoms with E-state index in [1.54, 1.807) is 0 Å². The molecule has 0 aliphatic rings. The first-order chi connectivity index (χ1) is 21.4. The maximum Gasteiger partial charge on any atom is -0.00987 e. The minimum atomic E-state index is 0.0169. The molecule has 8 aromatic carbocycles. The molecule has 0 fully saturated rings. The second-order valence-electron chi connectivity index (χ2n) is 13.1. The fourth-order valence-electron chi connectivity index (χ4n) is 6.65. The van der Waals surface area contributed by atoms with Crippen molar-refractivity contribution in [3.63, 3.8) is 0 Å². The minimum Gasteiger partial charge on any atom is -0.0616 e. The van der Waals surface area contributed by atoms with Crippen molar-refractivity contribution in [3.8, 4) is 33.4 Å². The Morgan fingerprint density at radius 2 is 0.795 bits per heavy atom. The Balaban J connectivity index is 1.26. The van der Waals surface area contributed by atoms with E-state index in [-0.39, 0.29) is 5.41 Å². The molecule has 210 valence electrons. The Bertz CT molecular complexity index is 2360. The third-order valence-electron chi connectivity index (χ3n) is 9.13. The zero-order valence-electron chi connectivity index (χ0n) is 25.4. The van der Waals surface area contributed by atoms with E-state index in [4.69, 9.17) is 0 Å². The van der Waals surface area contributed by atoms with E-state index in [2.05, 4.69) is 172 Å². The molecule has 0 N–H and O–H groups in total. The van der Waals surface area contributed by atoms with Crippen LogP contribution in [0, 0.1) is 0 Å². The van der Waals surface area contributed by atoms with E-state index in [1.165, 1.54) is 82.0 Å². The zero-order chi connectivity index (χ0) is 29.8. The summed E-state index contributed by atoms with van der Waals surface area (Å²) in [5, 5.41) is 10.2. The van der Waals surface area contributed by atoms with E-state index < -0.39 is 0 Å². The maximum atomic E-state index is 2.40. The first-order valence-electron chi connectivity index (χ1n) is 15.5. The zero-order valence-corrected chi connectivity index (χ0v) is 25.4. The summed E-state index contributed by atoms with van der Waals surface area (Å²) in [5.41, 5.74) is 8.90. The highest BCUT2D eigenvalue weighted by atomic mass is 14.2. The van der Waals surface area contributed by atoms with Crippen molar-refractivity contribution in [1.29, 1.82) is 0 Å². The van der Waals surface area contributed by atoms with E-state index in [0.717, 1.165) is 0 Å². The molecule has 0 saturated carbocycles. The van der Waals surface area contributed by atoms with Crippen molar-refractivity contribution in [2.24, 2.45) is 0 Å². The summed E-state index contributed by atoms with van der Waals surface area (Å²) in [7, 11) is 0. The molecule has 0 saturated heterocycles. The summed E-state index contributed by atoms with van der Waals surface area (Å²) < 4.78 is 0. The summed E-state index contributed by atoms with van der Waals surface area (Å²) in [6, 6.07) is 56.2. The summed E-state index contributed by atoms with van der Waals surface area (Å²) >= 11 is 0. The number of fused-ring (bicyclic) bond motifs is 5. The Morgan fingerprint density at radius 3 is 1.45 bits per heavy atom. The molecule has 0 bridgehead atoms. The van der Waals surface area contributed by atoms with Gasteiger partial charge in [0.15, 0.2) is 0 Å². The van der Waals surface area contributed by atoms with Gasteiger partial charge in [-0.2, -0.15) is 0 Å². The molecule has 0 aliphatic heterocycles. The van der Waals surface area contributed by atoms with E-state index >= 15 is 0 Å². The third kappa shape index (κ3) is 4.64. The molecular weight excluding hydrogens is 528 g/mol. The predicted octanol–water partition coefficient (Wildman–Crippen LogP) is 12.6. The third-order valence-corrected chi connectivity index (χ3v) is 9.13. The van der Waals surface area contributed by atoms with Crippen molar-refractivity contribution >= 4 is 43.1 Å². The van der Waals surface area contributed by atoms with Gasteiger partial charge in [-0.15, -0.1) is 0 Å². The molecule has 44 heavy (non-hydrogen) atoms. The lowest BCUT2D eigenvalue weighted by atomic mass is 9.82. The van der Waals surface area contributed by atoms with Crippen LogP contribution >= 0.6 is 0 Å². The lowest BCUT2D eigenvalue weighted by Gasteiger charge is -2.22. The van der Waals surface area contributed by atoms with Crippen LogP contribution in [-0.2, 0) is 5.41 Å². The van der Waals surface area contributed by atoms with Crippen molar-refractivity contribution < 1.29 is 0 Å². The summed E-state index contributed by atoms with van der Waals surface area (Å²) in [5.74, 6) is 0. The van der Waals surface area contributed by atoms with Gasteiger partial charge in [0.1, 0.15) is 0 Å². The predicted molar refractivity (Wildman–Crippen MR) is 191 cm³/mol. The maximum absolute atomic E-state index is 2.40. The molecule has 0 nitrogen and oxygen atoms in total. The average molecular weight is 563 g/mol. The van der Waals surface area contributed by atoms with Gasteiger partial charge in [-0.25, -0.2) is 0 Å². The highest BCUT2D eigenvalue weighted by Gasteiger charge is 2.18. The first-order valence-corrected chi connectivity index (χ1v) is 15.5. The van der Waals surface area contributed by atoms with Gasteiger partial charge in [0.05, 0.1) is 0 Å². The molecule has 0 radical (unpaired) electrons. The molecule has 0 spiro atoms. The topological polar surface area (TPSA) is 0 Å². The minimum absolute atomic E-state index is 0.0169. The number of rotatable bonds is 3. The van der Waals surface area contributed by atoms with Crippen LogP contribution in [-0.4, -0.2) is 0 Å². The lowest BCUT2D eigenvalue weighted by molar-refractivity contribution is 0.591. The molecule has 0 heteroatoms. The molecule has 8 rings (SSSR count). The largest absolute Gasteiger partial charge is 0.0616 e.